The number of rotatable bonds is 4. The lowest BCUT2D eigenvalue weighted by molar-refractivity contribution is -0.118. The number of ether oxygens (including phenoxy) is 1. The van der Waals surface area contributed by atoms with Gasteiger partial charge >= 0.3 is 5.97 Å². The lowest BCUT2D eigenvalue weighted by Gasteiger charge is -2.23. The number of nitrogens with zero attached hydrogens (tertiary/aromatic N) is 2. The highest BCUT2D eigenvalue weighted by Gasteiger charge is 2.31. The first-order valence-electron chi connectivity index (χ1n) is 9.02. The van der Waals surface area contributed by atoms with E-state index >= 15 is 0 Å². The Labute approximate surface area is 167 Å². The van der Waals surface area contributed by atoms with Crippen molar-refractivity contribution in [2.45, 2.75) is 31.1 Å². The van der Waals surface area contributed by atoms with Crippen LogP contribution in [0.2, 0.25) is 0 Å². The first-order chi connectivity index (χ1) is 13.6. The largest absolute Gasteiger partial charge is 0.452 e. The first-order valence-corrected chi connectivity index (χ1v) is 9.90. The van der Waals surface area contributed by atoms with Crippen molar-refractivity contribution in [2.75, 3.05) is 0 Å². The number of amides is 1. The van der Waals surface area contributed by atoms with E-state index in [1.807, 2.05) is 48.5 Å². The topological polar surface area (TPSA) is 80.1 Å². The number of fused-ring (bicyclic) bond motifs is 1. The summed E-state index contributed by atoms with van der Waals surface area (Å²) >= 11 is 1.37. The van der Waals surface area contributed by atoms with Crippen LogP contribution in [0.5, 0.6) is 0 Å². The van der Waals surface area contributed by atoms with E-state index in [9.17, 15) is 9.59 Å². The fourth-order valence-electron chi connectivity index (χ4n) is 3.17. The van der Waals surface area contributed by atoms with Crippen LogP contribution >= 0.6 is 11.8 Å². The third kappa shape index (κ3) is 3.99. The van der Waals surface area contributed by atoms with Crippen molar-refractivity contribution >= 4 is 34.5 Å². The molecule has 2 aromatic rings. The van der Waals surface area contributed by atoms with Crippen LogP contribution in [0.4, 0.5) is 0 Å². The quantitative estimate of drug-likeness (QED) is 0.492. The number of esters is 1. The first kappa shape index (κ1) is 18.4. The van der Waals surface area contributed by atoms with Gasteiger partial charge in [-0.15, -0.1) is 5.10 Å². The smallest absolute Gasteiger partial charge is 0.339 e. The van der Waals surface area contributed by atoms with Crippen LogP contribution in [0.3, 0.4) is 0 Å². The molecule has 4 rings (SSSR count). The lowest BCUT2D eigenvalue weighted by Crippen LogP contribution is -2.33. The van der Waals surface area contributed by atoms with Gasteiger partial charge in [-0.2, -0.15) is 5.10 Å². The molecule has 1 fully saturated rings. The van der Waals surface area contributed by atoms with Crippen LogP contribution < -0.4 is 5.32 Å². The number of carbonyl (C=O) groups excluding carboxylic acids is 2. The van der Waals surface area contributed by atoms with Gasteiger partial charge in [0.05, 0.1) is 16.5 Å². The number of hydrogen-bond acceptors (Lipinski definition) is 6. The molecule has 28 heavy (non-hydrogen) atoms. The Bertz CT molecular complexity index is 972. The monoisotopic (exact) mass is 393 g/mol. The summed E-state index contributed by atoms with van der Waals surface area (Å²) in [6.07, 6.45) is 0.753. The number of nitrogens with one attached hydrogen (secondary N) is 1. The SMILES string of the molecule is C/C(=N/N=C1\NC(=O)[C@@H](Cc2ccccc2)S1)[C@H]1Cc2ccccc2C(=O)O1. The van der Waals surface area contributed by atoms with E-state index in [1.165, 1.54) is 11.8 Å². The fraction of sp³-hybridized carbons (Fsp3) is 0.238. The Hall–Kier alpha value is -2.93. The third-order valence-corrected chi connectivity index (χ3v) is 5.77. The maximum Gasteiger partial charge on any atom is 0.339 e. The van der Waals surface area contributed by atoms with Crippen molar-refractivity contribution in [1.29, 1.82) is 0 Å². The summed E-state index contributed by atoms with van der Waals surface area (Å²) in [4.78, 5) is 24.3. The molecule has 0 radical (unpaired) electrons. The van der Waals surface area contributed by atoms with Gasteiger partial charge in [-0.05, 0) is 30.5 Å². The van der Waals surface area contributed by atoms with Crippen LogP contribution in [0.1, 0.15) is 28.4 Å². The number of hydrogen-bond donors (Lipinski definition) is 1. The van der Waals surface area contributed by atoms with Crippen molar-refractivity contribution in [1.82, 2.24) is 5.32 Å². The van der Waals surface area contributed by atoms with E-state index in [0.29, 0.717) is 29.3 Å². The Morgan fingerprint density at radius 1 is 1.14 bits per heavy atom. The van der Waals surface area contributed by atoms with Gasteiger partial charge in [0.15, 0.2) is 5.17 Å². The van der Waals surface area contributed by atoms with Gasteiger partial charge in [0.2, 0.25) is 5.91 Å². The molecule has 7 heteroatoms. The van der Waals surface area contributed by atoms with E-state index in [1.54, 1.807) is 13.0 Å². The molecule has 2 aliphatic heterocycles. The van der Waals surface area contributed by atoms with Crippen molar-refractivity contribution < 1.29 is 14.3 Å². The van der Waals surface area contributed by atoms with Gasteiger partial charge in [-0.1, -0.05) is 60.3 Å². The molecule has 0 bridgehead atoms. The van der Waals surface area contributed by atoms with Crippen molar-refractivity contribution in [3.05, 3.63) is 71.3 Å². The highest BCUT2D eigenvalue weighted by atomic mass is 32.2. The molecule has 0 aliphatic carbocycles. The zero-order valence-corrected chi connectivity index (χ0v) is 16.1. The second-order valence-electron chi connectivity index (χ2n) is 6.69. The molecule has 0 saturated carbocycles. The highest BCUT2D eigenvalue weighted by Crippen LogP contribution is 2.24. The number of carbonyl (C=O) groups is 2. The Morgan fingerprint density at radius 3 is 2.71 bits per heavy atom. The maximum absolute atomic E-state index is 12.2. The van der Waals surface area contributed by atoms with E-state index in [-0.39, 0.29) is 17.1 Å². The van der Waals surface area contributed by atoms with Gasteiger partial charge in [-0.25, -0.2) is 4.79 Å². The number of thioether (sulfide) groups is 1. The number of cyclic esters (lactones) is 1. The van der Waals surface area contributed by atoms with E-state index in [4.69, 9.17) is 4.74 Å². The van der Waals surface area contributed by atoms with Crippen molar-refractivity contribution in [3.63, 3.8) is 0 Å². The molecule has 6 nitrogen and oxygen atoms in total. The minimum absolute atomic E-state index is 0.0709. The second kappa shape index (κ2) is 7.98. The van der Waals surface area contributed by atoms with Crippen LogP contribution in [0.25, 0.3) is 0 Å². The molecule has 0 spiro atoms. The summed E-state index contributed by atoms with van der Waals surface area (Å²) < 4.78 is 5.48. The highest BCUT2D eigenvalue weighted by molar-refractivity contribution is 8.15. The Morgan fingerprint density at radius 2 is 1.89 bits per heavy atom. The van der Waals surface area contributed by atoms with Crippen LogP contribution in [-0.2, 0) is 22.4 Å². The zero-order chi connectivity index (χ0) is 19.5. The van der Waals surface area contributed by atoms with Crippen molar-refractivity contribution in [2.24, 2.45) is 10.2 Å². The molecule has 0 unspecified atom stereocenters. The molecule has 1 N–H and O–H groups in total. The van der Waals surface area contributed by atoms with E-state index in [0.717, 1.165) is 11.1 Å². The molecule has 2 aromatic carbocycles. The molecule has 2 atom stereocenters. The Balaban J connectivity index is 1.43. The summed E-state index contributed by atoms with van der Waals surface area (Å²) in [7, 11) is 0. The molecule has 1 saturated heterocycles. The molecule has 0 aromatic heterocycles. The predicted octanol–water partition coefficient (Wildman–Crippen LogP) is 2.97. The van der Waals surface area contributed by atoms with Gasteiger partial charge in [-0.3, -0.25) is 4.79 Å². The Kier molecular flexibility index (Phi) is 5.25. The van der Waals surface area contributed by atoms with E-state index < -0.39 is 6.10 Å². The summed E-state index contributed by atoms with van der Waals surface area (Å²) in [6, 6.07) is 17.3. The van der Waals surface area contributed by atoms with Crippen molar-refractivity contribution in [3.8, 4) is 0 Å². The standard InChI is InChI=1S/C21H19N3O3S/c1-13(17-12-15-9-5-6-10-16(15)20(26)27-17)23-24-21-22-19(25)18(28-21)11-14-7-3-2-4-8-14/h2-10,17-18H,11-12H2,1H3,(H,22,24,25)/b23-13-/t17-,18-/m1/s1. The molecular weight excluding hydrogens is 374 g/mol. The maximum atomic E-state index is 12.2. The van der Waals surface area contributed by atoms with Gasteiger partial charge in [0.25, 0.3) is 0 Å². The van der Waals surface area contributed by atoms with Crippen LogP contribution in [-0.4, -0.2) is 34.1 Å². The minimum Gasteiger partial charge on any atom is -0.452 e. The second-order valence-corrected chi connectivity index (χ2v) is 7.88. The summed E-state index contributed by atoms with van der Waals surface area (Å²) in [5, 5.41) is 11.4. The summed E-state index contributed by atoms with van der Waals surface area (Å²) in [5.41, 5.74) is 3.23. The van der Waals surface area contributed by atoms with Crippen LogP contribution in [0, 0.1) is 0 Å². The van der Waals surface area contributed by atoms with E-state index in [2.05, 4.69) is 15.5 Å². The molecular formula is C21H19N3O3S. The van der Waals surface area contributed by atoms with Gasteiger partial charge < -0.3 is 10.1 Å². The minimum atomic E-state index is -0.450. The van der Waals surface area contributed by atoms with Crippen LogP contribution in [0.15, 0.2) is 64.8 Å². The average Bonchev–Trinajstić information content (AvgIpc) is 3.06. The normalized spacial score (nSPS) is 23.3. The summed E-state index contributed by atoms with van der Waals surface area (Å²) in [5.74, 6) is -0.418. The summed E-state index contributed by atoms with van der Waals surface area (Å²) in [6.45, 7) is 1.78. The third-order valence-electron chi connectivity index (χ3n) is 4.70. The molecule has 2 heterocycles. The zero-order valence-electron chi connectivity index (χ0n) is 15.3. The molecule has 2 aliphatic rings. The van der Waals surface area contributed by atoms with Gasteiger partial charge in [0, 0.05) is 6.42 Å². The number of benzene rings is 2. The predicted molar refractivity (Wildman–Crippen MR) is 110 cm³/mol. The molecule has 1 amide bonds. The molecule has 142 valence electrons. The number of amidine groups is 1. The average molecular weight is 393 g/mol. The van der Waals surface area contributed by atoms with Gasteiger partial charge in [0.1, 0.15) is 6.10 Å². The lowest BCUT2D eigenvalue weighted by atomic mass is 9.97. The fourth-order valence-corrected chi connectivity index (χ4v) is 4.13.